The Balaban J connectivity index is 0.00000320. The molecule has 3 rings (SSSR count). The van der Waals surface area contributed by atoms with Crippen LogP contribution in [-0.2, 0) is 14.9 Å². The molecule has 1 aliphatic carbocycles. The molecule has 150 valence electrons. The molecule has 11 heteroatoms. The predicted octanol–water partition coefficient (Wildman–Crippen LogP) is 2.77. The van der Waals surface area contributed by atoms with E-state index in [0.29, 0.717) is 25.7 Å². The second-order valence-electron chi connectivity index (χ2n) is 5.88. The molecule has 0 heterocycles. The molecule has 0 amide bonds. The van der Waals surface area contributed by atoms with Crippen LogP contribution in [0.25, 0.3) is 5.57 Å². The number of phenolic OH excluding ortho intramolecular Hbond substituents is 1. The van der Waals surface area contributed by atoms with Gasteiger partial charge in [-0.3, -0.25) is 4.79 Å². The van der Waals surface area contributed by atoms with Gasteiger partial charge in [0.05, 0.1) is 22.8 Å². The third-order valence-corrected chi connectivity index (χ3v) is 7.30. The van der Waals surface area contributed by atoms with Gasteiger partial charge in [0.15, 0.2) is 0 Å². The SMILES string of the molecule is O=C1C(Br)=CC(=C(c2cc(Br)c(O)c(Br)c2)c2ccccc2S(=O)(=O)[O-])C=C1Br.[Na+]. The summed E-state index contributed by atoms with van der Waals surface area (Å²) in [6, 6.07) is 9.00. The molecule has 0 bridgehead atoms. The molecule has 0 radical (unpaired) electrons. The molecule has 0 atom stereocenters. The summed E-state index contributed by atoms with van der Waals surface area (Å²) in [6.45, 7) is 0. The first-order valence-corrected chi connectivity index (χ1v) is 12.4. The zero-order valence-electron chi connectivity index (χ0n) is 15.1. The zero-order chi connectivity index (χ0) is 21.5. The van der Waals surface area contributed by atoms with Gasteiger partial charge in [0, 0.05) is 5.56 Å². The van der Waals surface area contributed by atoms with Crippen LogP contribution in [-0.4, -0.2) is 23.9 Å². The van der Waals surface area contributed by atoms with Gasteiger partial charge in [0.1, 0.15) is 15.9 Å². The number of benzene rings is 2. The third kappa shape index (κ3) is 5.47. The summed E-state index contributed by atoms with van der Waals surface area (Å²) in [5.74, 6) is -0.305. The van der Waals surface area contributed by atoms with Gasteiger partial charge >= 0.3 is 29.6 Å². The van der Waals surface area contributed by atoms with E-state index in [2.05, 4.69) is 63.7 Å². The molecule has 0 aromatic heterocycles. The maximum Gasteiger partial charge on any atom is 1.00 e. The molecule has 0 spiro atoms. The van der Waals surface area contributed by atoms with Crippen molar-refractivity contribution in [3.05, 3.63) is 83.2 Å². The molecule has 1 N–H and O–H groups in total. The number of hydrogen-bond donors (Lipinski definition) is 1. The van der Waals surface area contributed by atoms with Crippen molar-refractivity contribution < 1.29 is 52.4 Å². The van der Waals surface area contributed by atoms with Gasteiger partial charge in [-0.25, -0.2) is 8.42 Å². The van der Waals surface area contributed by atoms with Crippen LogP contribution in [0.5, 0.6) is 5.75 Å². The van der Waals surface area contributed by atoms with E-state index in [1.165, 1.54) is 18.2 Å². The van der Waals surface area contributed by atoms with Crippen molar-refractivity contribution in [1.29, 1.82) is 0 Å². The maximum atomic E-state index is 12.1. The van der Waals surface area contributed by atoms with Crippen LogP contribution in [0.15, 0.2) is 76.9 Å². The quantitative estimate of drug-likeness (QED) is 0.395. The molecule has 0 aliphatic heterocycles. The average Bonchev–Trinajstić information content (AvgIpc) is 2.64. The second-order valence-corrected chi connectivity index (χ2v) is 10.6. The Morgan fingerprint density at radius 3 is 1.93 bits per heavy atom. The van der Waals surface area contributed by atoms with Crippen LogP contribution in [0.2, 0.25) is 0 Å². The smallest absolute Gasteiger partial charge is 0.744 e. The second kappa shape index (κ2) is 10.3. The summed E-state index contributed by atoms with van der Waals surface area (Å²) in [5.41, 5.74) is 1.56. The number of carbonyl (C=O) groups is 1. The van der Waals surface area contributed by atoms with E-state index in [-0.39, 0.29) is 55.6 Å². The predicted molar refractivity (Wildman–Crippen MR) is 123 cm³/mol. The van der Waals surface area contributed by atoms with Crippen LogP contribution in [0, 0.1) is 0 Å². The van der Waals surface area contributed by atoms with Gasteiger partial charge < -0.3 is 9.66 Å². The molecule has 0 fully saturated rings. The molecule has 2 aromatic carbocycles. The first-order chi connectivity index (χ1) is 13.5. The minimum atomic E-state index is -4.78. The fourth-order valence-corrected chi connectivity index (χ4v) is 5.84. The van der Waals surface area contributed by atoms with Crippen molar-refractivity contribution >= 4 is 85.2 Å². The number of Topliss-reactive ketones (excluding diaryl/α,β-unsaturated/α-hetero) is 1. The van der Waals surface area contributed by atoms with Crippen LogP contribution >= 0.6 is 63.7 Å². The Morgan fingerprint density at radius 1 is 0.933 bits per heavy atom. The normalized spacial score (nSPS) is 14.0. The van der Waals surface area contributed by atoms with Gasteiger partial charge in [-0.05, 0) is 111 Å². The zero-order valence-corrected chi connectivity index (χ0v) is 24.3. The van der Waals surface area contributed by atoms with E-state index in [0.717, 1.165) is 0 Å². The fourth-order valence-electron chi connectivity index (χ4n) is 2.78. The minimum absolute atomic E-state index is 0. The topological polar surface area (TPSA) is 94.5 Å². The molecule has 1 aliphatic rings. The number of rotatable bonds is 3. The van der Waals surface area contributed by atoms with Crippen molar-refractivity contribution in [3.63, 3.8) is 0 Å². The van der Waals surface area contributed by atoms with Crippen LogP contribution in [0.3, 0.4) is 0 Å². The van der Waals surface area contributed by atoms with Gasteiger partial charge in [-0.15, -0.1) is 0 Å². The molecule has 30 heavy (non-hydrogen) atoms. The van der Waals surface area contributed by atoms with Gasteiger partial charge in [0.2, 0.25) is 5.78 Å². The molecular formula is C19H9Br4NaO5S. The Kier molecular flexibility index (Phi) is 8.97. The Hall–Kier alpha value is -0.0400. The van der Waals surface area contributed by atoms with E-state index in [1.807, 2.05) is 0 Å². The molecule has 2 aromatic rings. The molecule has 5 nitrogen and oxygen atoms in total. The van der Waals surface area contributed by atoms with Crippen molar-refractivity contribution in [2.75, 3.05) is 0 Å². The monoisotopic (exact) mass is 688 g/mol. The minimum Gasteiger partial charge on any atom is -0.744 e. The van der Waals surface area contributed by atoms with Gasteiger partial charge in [0.25, 0.3) is 0 Å². The van der Waals surface area contributed by atoms with Crippen molar-refractivity contribution in [2.45, 2.75) is 4.90 Å². The van der Waals surface area contributed by atoms with Crippen LogP contribution in [0.4, 0.5) is 0 Å². The van der Waals surface area contributed by atoms with Crippen LogP contribution < -0.4 is 29.6 Å². The van der Waals surface area contributed by atoms with Crippen LogP contribution in [0.1, 0.15) is 11.1 Å². The maximum absolute atomic E-state index is 12.1. The summed E-state index contributed by atoms with van der Waals surface area (Å²) in [7, 11) is -4.78. The number of aromatic hydroxyl groups is 1. The molecular weight excluding hydrogens is 683 g/mol. The number of phenols is 1. The first kappa shape index (κ1) is 26.2. The Labute approximate surface area is 228 Å². The van der Waals surface area contributed by atoms with Crippen molar-refractivity contribution in [3.8, 4) is 5.75 Å². The van der Waals surface area contributed by atoms with Crippen molar-refractivity contribution in [2.24, 2.45) is 0 Å². The number of halogens is 4. The molecule has 0 saturated heterocycles. The number of ketones is 1. The third-order valence-electron chi connectivity index (χ3n) is 4.02. The summed E-state index contributed by atoms with van der Waals surface area (Å²) in [4.78, 5) is 11.7. The number of hydrogen-bond acceptors (Lipinski definition) is 5. The Bertz CT molecular complexity index is 1200. The van der Waals surface area contributed by atoms with E-state index in [4.69, 9.17) is 0 Å². The van der Waals surface area contributed by atoms with E-state index in [1.54, 1.807) is 30.4 Å². The summed E-state index contributed by atoms with van der Waals surface area (Å²) in [5, 5.41) is 10.1. The first-order valence-electron chi connectivity index (χ1n) is 7.77. The largest absolute Gasteiger partial charge is 1.00 e. The number of carbonyl (C=O) groups excluding carboxylic acids is 1. The van der Waals surface area contributed by atoms with Gasteiger partial charge in [-0.2, -0.15) is 0 Å². The summed E-state index contributed by atoms with van der Waals surface area (Å²) < 4.78 is 37.0. The molecule has 0 saturated carbocycles. The molecule has 0 unspecified atom stereocenters. The number of allylic oxidation sites excluding steroid dienone is 5. The van der Waals surface area contributed by atoms with E-state index in [9.17, 15) is 22.9 Å². The fraction of sp³-hybridized carbons (Fsp3) is 0. The summed E-state index contributed by atoms with van der Waals surface area (Å²) in [6.07, 6.45) is 3.09. The Morgan fingerprint density at radius 2 is 1.43 bits per heavy atom. The van der Waals surface area contributed by atoms with E-state index < -0.39 is 15.0 Å². The average molecular weight is 692 g/mol. The summed E-state index contributed by atoms with van der Waals surface area (Å²) >= 11 is 13.0. The van der Waals surface area contributed by atoms with Gasteiger partial charge in [-0.1, -0.05) is 18.2 Å². The van der Waals surface area contributed by atoms with Crippen molar-refractivity contribution in [1.82, 2.24) is 0 Å². The van der Waals surface area contributed by atoms with E-state index >= 15 is 0 Å². The standard InChI is InChI=1S/C19H10Br4O5S.Na/c20-12-5-9(6-13(21)18(12)24)17(10-7-14(22)19(25)15(23)8-10)11-3-1-2-4-16(11)29(26,27)28;/h1-8,24H,(H,26,27,28);/q;+1/p-1.